The number of guanidine groups is 1. The van der Waals surface area contributed by atoms with E-state index in [9.17, 15) is 39.0 Å². The number of hydrogen-bond donors (Lipinski definition) is 9. The van der Waals surface area contributed by atoms with Gasteiger partial charge in [-0.3, -0.25) is 24.2 Å². The summed E-state index contributed by atoms with van der Waals surface area (Å²) >= 11 is 3.14. The van der Waals surface area contributed by atoms with Gasteiger partial charge in [-0.1, -0.05) is 0 Å². The first-order valence-corrected chi connectivity index (χ1v) is 13.6. The van der Waals surface area contributed by atoms with Gasteiger partial charge in [-0.05, 0) is 34.8 Å². The number of esters is 1. The van der Waals surface area contributed by atoms with Gasteiger partial charge >= 0.3 is 17.6 Å². The number of nitrogens with zero attached hydrogens (tertiary/aromatic N) is 1. The summed E-state index contributed by atoms with van der Waals surface area (Å²) in [4.78, 5) is 77.2. The highest BCUT2D eigenvalue weighted by atomic mass is 79.9. The molecule has 3 atom stereocenters. The number of halogens is 1. The molecule has 12 N–H and O–H groups in total. The zero-order chi connectivity index (χ0) is 33.0. The molecule has 0 aliphatic rings. The molecular formula is C25H32BrN7O11. The Morgan fingerprint density at radius 1 is 1.07 bits per heavy atom. The minimum atomic E-state index is -1.75. The number of amides is 3. The van der Waals surface area contributed by atoms with E-state index >= 15 is 0 Å². The fourth-order valence-corrected chi connectivity index (χ4v) is 3.94. The number of aromatic hydroxyl groups is 1. The van der Waals surface area contributed by atoms with Crippen LogP contribution in [0.1, 0.15) is 24.8 Å². The van der Waals surface area contributed by atoms with Gasteiger partial charge in [-0.25, -0.2) is 9.59 Å². The minimum Gasteiger partial charge on any atom is -0.507 e. The second-order valence-corrected chi connectivity index (χ2v) is 10.1. The maximum Gasteiger partial charge on any atom is 0.336 e. The topological polar surface area (TPSA) is 312 Å². The molecule has 0 aliphatic carbocycles. The number of aliphatic hydroxyl groups is 1. The number of ether oxygens (including phenoxy) is 1. The van der Waals surface area contributed by atoms with Gasteiger partial charge in [-0.15, -0.1) is 0 Å². The van der Waals surface area contributed by atoms with Crippen LogP contribution in [0.5, 0.6) is 5.75 Å². The van der Waals surface area contributed by atoms with Crippen LogP contribution in [0.3, 0.4) is 0 Å². The summed E-state index contributed by atoms with van der Waals surface area (Å²) in [6.07, 6.45) is -0.241. The zero-order valence-corrected chi connectivity index (χ0v) is 24.7. The Bertz CT molecular complexity index is 1480. The molecule has 3 amide bonds. The summed E-state index contributed by atoms with van der Waals surface area (Å²) < 4.78 is 10.5. The molecule has 0 saturated heterocycles. The van der Waals surface area contributed by atoms with Crippen LogP contribution in [0.4, 0.5) is 0 Å². The molecule has 1 aromatic heterocycles. The van der Waals surface area contributed by atoms with E-state index in [1.54, 1.807) is 0 Å². The molecule has 2 rings (SSSR count). The molecule has 1 heterocycles. The summed E-state index contributed by atoms with van der Waals surface area (Å²) in [7, 11) is 0. The van der Waals surface area contributed by atoms with Crippen LogP contribution in [0, 0.1) is 0 Å². The monoisotopic (exact) mass is 685 g/mol. The van der Waals surface area contributed by atoms with Gasteiger partial charge in [0.25, 0.3) is 0 Å². The lowest BCUT2D eigenvalue weighted by Crippen LogP contribution is -2.55. The number of phenolic OH excluding ortho intramolecular Hbond substituents is 1. The van der Waals surface area contributed by atoms with E-state index in [-0.39, 0.29) is 40.3 Å². The maximum atomic E-state index is 12.8. The number of nitrogens with one attached hydrogen (secondary N) is 3. The standard InChI is InChI=1S/C25H32BrN7O11/c26-13-5-12-11(4-21(38)44-18(12)7-17(13)35)10-43-20(37)6-15(23(40)33-16(9-34)24(41)42)32-19(36)8-31-22(39)14(27)2-1-3-30-25(28)29/h4-5,7,14-16,34-35H,1-3,6,8-10,27H2,(H,31,39)(H,32,36)(H,33,40)(H,41,42)(H4,28,29,30)/t14-,15-,16-/m0/s1. The Morgan fingerprint density at radius 2 is 1.77 bits per heavy atom. The van der Waals surface area contributed by atoms with Gasteiger partial charge in [-0.2, -0.15) is 0 Å². The van der Waals surface area contributed by atoms with E-state index in [0.717, 1.165) is 6.07 Å². The summed E-state index contributed by atoms with van der Waals surface area (Å²) in [6, 6.07) is -0.791. The third kappa shape index (κ3) is 11.2. The van der Waals surface area contributed by atoms with E-state index in [2.05, 4.69) is 31.6 Å². The van der Waals surface area contributed by atoms with Crippen molar-refractivity contribution in [2.75, 3.05) is 19.7 Å². The number of carbonyl (C=O) groups excluding carboxylic acids is 4. The first kappa shape index (κ1) is 35.4. The maximum absolute atomic E-state index is 12.8. The molecule has 0 aliphatic heterocycles. The molecule has 0 saturated carbocycles. The molecule has 18 nitrogen and oxygen atoms in total. The van der Waals surface area contributed by atoms with Gasteiger partial charge in [0, 0.05) is 29.6 Å². The van der Waals surface area contributed by atoms with Gasteiger partial charge in [0.1, 0.15) is 30.0 Å². The average Bonchev–Trinajstić information content (AvgIpc) is 2.95. The Kier molecular flexibility index (Phi) is 13.5. The number of fused-ring (bicyclic) bond motifs is 1. The Hall–Kier alpha value is -4.75. The van der Waals surface area contributed by atoms with E-state index in [1.807, 2.05) is 5.32 Å². The number of carbonyl (C=O) groups is 5. The van der Waals surface area contributed by atoms with Crippen molar-refractivity contribution < 1.29 is 48.4 Å². The van der Waals surface area contributed by atoms with Crippen LogP contribution >= 0.6 is 15.9 Å². The molecule has 44 heavy (non-hydrogen) atoms. The number of aliphatic hydroxyl groups excluding tert-OH is 1. The number of hydrogen-bond acceptors (Lipinski definition) is 12. The predicted octanol–water partition coefficient (Wildman–Crippen LogP) is -2.76. The van der Waals surface area contributed by atoms with Crippen molar-refractivity contribution in [1.82, 2.24) is 16.0 Å². The summed E-state index contributed by atoms with van der Waals surface area (Å²) in [5.74, 6) is -5.74. The molecule has 0 bridgehead atoms. The Balaban J connectivity index is 2.08. The second kappa shape index (κ2) is 16.8. The third-order valence-corrected chi connectivity index (χ3v) is 6.47. The number of benzene rings is 1. The minimum absolute atomic E-state index is 0.00742. The number of aliphatic imine (C=N–C) groups is 1. The van der Waals surface area contributed by atoms with Crippen LogP contribution in [0.25, 0.3) is 11.0 Å². The normalized spacial score (nSPS) is 12.8. The summed E-state index contributed by atoms with van der Waals surface area (Å²) in [6.45, 7) is -1.89. The first-order chi connectivity index (χ1) is 20.7. The lowest BCUT2D eigenvalue weighted by molar-refractivity contribution is -0.148. The number of aliphatic carboxylic acids is 1. The predicted molar refractivity (Wildman–Crippen MR) is 156 cm³/mol. The van der Waals surface area contributed by atoms with Crippen molar-refractivity contribution in [1.29, 1.82) is 0 Å². The van der Waals surface area contributed by atoms with Gasteiger partial charge in [0.15, 0.2) is 5.96 Å². The highest BCUT2D eigenvalue weighted by Crippen LogP contribution is 2.30. The van der Waals surface area contributed by atoms with Gasteiger partial charge in [0.05, 0.1) is 30.1 Å². The van der Waals surface area contributed by atoms with Crippen LogP contribution in [0.2, 0.25) is 0 Å². The highest BCUT2D eigenvalue weighted by Gasteiger charge is 2.29. The lowest BCUT2D eigenvalue weighted by atomic mass is 10.1. The molecule has 0 fully saturated rings. The highest BCUT2D eigenvalue weighted by molar-refractivity contribution is 9.10. The van der Waals surface area contributed by atoms with Crippen LogP contribution in [-0.4, -0.2) is 88.8 Å². The average molecular weight is 686 g/mol. The van der Waals surface area contributed by atoms with E-state index < -0.39 is 79.6 Å². The van der Waals surface area contributed by atoms with Crippen molar-refractivity contribution in [2.45, 2.75) is 44.0 Å². The molecule has 0 spiro atoms. The molecule has 0 unspecified atom stereocenters. The summed E-state index contributed by atoms with van der Waals surface area (Å²) in [5, 5.41) is 35.0. The van der Waals surface area contributed by atoms with Crippen molar-refractivity contribution >= 4 is 62.5 Å². The van der Waals surface area contributed by atoms with Crippen molar-refractivity contribution in [3.05, 3.63) is 38.7 Å². The smallest absolute Gasteiger partial charge is 0.336 e. The van der Waals surface area contributed by atoms with E-state index in [1.165, 1.54) is 12.1 Å². The molecule has 240 valence electrons. The molecule has 1 aromatic carbocycles. The van der Waals surface area contributed by atoms with E-state index in [0.29, 0.717) is 11.8 Å². The summed E-state index contributed by atoms with van der Waals surface area (Å²) in [5.41, 5.74) is 15.6. The number of phenols is 1. The molecular weight excluding hydrogens is 654 g/mol. The lowest BCUT2D eigenvalue weighted by Gasteiger charge is -2.20. The van der Waals surface area contributed by atoms with Gasteiger partial charge < -0.3 is 57.6 Å². The molecule has 19 heteroatoms. The van der Waals surface area contributed by atoms with Crippen molar-refractivity contribution in [2.24, 2.45) is 22.2 Å². The van der Waals surface area contributed by atoms with Crippen molar-refractivity contribution in [3.63, 3.8) is 0 Å². The van der Waals surface area contributed by atoms with Gasteiger partial charge in [0.2, 0.25) is 17.7 Å². The second-order valence-electron chi connectivity index (χ2n) is 9.23. The molecule has 0 radical (unpaired) electrons. The number of carboxylic acids is 1. The van der Waals surface area contributed by atoms with Crippen molar-refractivity contribution in [3.8, 4) is 5.75 Å². The van der Waals surface area contributed by atoms with Crippen LogP contribution in [-0.2, 0) is 35.3 Å². The quantitative estimate of drug-likeness (QED) is 0.0284. The largest absolute Gasteiger partial charge is 0.507 e. The number of rotatable bonds is 16. The Morgan fingerprint density at radius 3 is 2.41 bits per heavy atom. The first-order valence-electron chi connectivity index (χ1n) is 12.8. The zero-order valence-electron chi connectivity index (χ0n) is 23.1. The van der Waals surface area contributed by atoms with Crippen LogP contribution < -0.4 is 38.8 Å². The number of nitrogens with two attached hydrogens (primary N) is 3. The SMILES string of the molecule is NC(N)=NCCC[C@H](N)C(=O)NCC(=O)N[C@@H](CC(=O)OCc1cc(=O)oc2cc(O)c(Br)cc12)C(=O)N[C@@H](CO)C(=O)O. The fourth-order valence-electron chi connectivity index (χ4n) is 3.60. The van der Waals surface area contributed by atoms with Crippen LogP contribution in [0.15, 0.2) is 36.9 Å². The Labute approximate surface area is 257 Å². The molecule has 2 aromatic rings. The fraction of sp³-hybridized carbons (Fsp3) is 0.400. The number of carboxylic acid groups (broad SMARTS) is 1. The van der Waals surface area contributed by atoms with E-state index in [4.69, 9.17) is 31.5 Å². The third-order valence-electron chi connectivity index (χ3n) is 5.83.